The van der Waals surface area contributed by atoms with Gasteiger partial charge in [-0.05, 0) is 82.3 Å². The van der Waals surface area contributed by atoms with Crippen molar-refractivity contribution in [2.24, 2.45) is 0 Å². The number of hydrogen-bond donors (Lipinski definition) is 0. The Bertz CT molecular complexity index is 2190. The minimum Gasteiger partial charge on any atom is -0.310 e. The molecule has 0 amide bonds. The second kappa shape index (κ2) is 11.0. The Morgan fingerprint density at radius 3 is 1.41 bits per heavy atom. The standard InChI is InChI=1S/C44H36N4S/c1-43(2)33-19-11-13-21-37(33)47(31-15-7-5-8-16-31)39-27-29(23-25-35(39)43)41-45-42(49-46-41)30-24-26-36-40(28-30)48(32-17-9-6-10-18-32)38-22-14-12-20-34(38)44(36,3)4/h5-28H,1-4H3. The molecule has 1 aromatic heterocycles. The smallest absolute Gasteiger partial charge is 0.173 e. The van der Waals surface area contributed by atoms with Gasteiger partial charge in [0.05, 0.1) is 22.7 Å². The fraction of sp³-hybridized carbons (Fsp3) is 0.136. The molecule has 0 saturated heterocycles. The summed E-state index contributed by atoms with van der Waals surface area (Å²) in [7, 11) is 0. The maximum atomic E-state index is 5.18. The molecule has 2 aliphatic rings. The van der Waals surface area contributed by atoms with E-state index in [2.05, 4.69) is 183 Å². The molecule has 2 aliphatic heterocycles. The van der Waals surface area contributed by atoms with E-state index >= 15 is 0 Å². The van der Waals surface area contributed by atoms with Gasteiger partial charge in [-0.2, -0.15) is 4.37 Å². The third-order valence-electron chi connectivity index (χ3n) is 10.4. The van der Waals surface area contributed by atoms with Gasteiger partial charge in [-0.3, -0.25) is 0 Å². The Morgan fingerprint density at radius 1 is 0.449 bits per heavy atom. The fourth-order valence-corrected chi connectivity index (χ4v) is 8.55. The zero-order valence-electron chi connectivity index (χ0n) is 28.1. The van der Waals surface area contributed by atoms with E-state index in [0.29, 0.717) is 0 Å². The molecule has 0 atom stereocenters. The highest BCUT2D eigenvalue weighted by Gasteiger charge is 2.38. The van der Waals surface area contributed by atoms with E-state index in [9.17, 15) is 0 Å². The molecule has 9 rings (SSSR count). The largest absolute Gasteiger partial charge is 0.310 e. The van der Waals surface area contributed by atoms with E-state index in [1.807, 2.05) is 0 Å². The second-order valence-corrected chi connectivity index (χ2v) is 14.8. The lowest BCUT2D eigenvalue weighted by Gasteiger charge is -2.42. The lowest BCUT2D eigenvalue weighted by atomic mass is 9.73. The Kier molecular flexibility index (Phi) is 6.65. The minimum atomic E-state index is -0.156. The van der Waals surface area contributed by atoms with Crippen LogP contribution < -0.4 is 9.80 Å². The summed E-state index contributed by atoms with van der Waals surface area (Å²) >= 11 is 1.46. The summed E-state index contributed by atoms with van der Waals surface area (Å²) < 4.78 is 4.94. The molecular formula is C44H36N4S. The zero-order valence-corrected chi connectivity index (χ0v) is 28.9. The number of fused-ring (bicyclic) bond motifs is 4. The van der Waals surface area contributed by atoms with Crippen LogP contribution in [0.25, 0.3) is 22.0 Å². The van der Waals surface area contributed by atoms with Gasteiger partial charge in [-0.15, -0.1) is 0 Å². The number of nitrogens with zero attached hydrogens (tertiary/aromatic N) is 4. The molecule has 0 unspecified atom stereocenters. The molecule has 238 valence electrons. The number of benzene rings is 6. The number of hydrogen-bond acceptors (Lipinski definition) is 5. The highest BCUT2D eigenvalue weighted by molar-refractivity contribution is 7.09. The lowest BCUT2D eigenvalue weighted by molar-refractivity contribution is 0.632. The van der Waals surface area contributed by atoms with Gasteiger partial charge in [0.15, 0.2) is 5.82 Å². The average Bonchev–Trinajstić information content (AvgIpc) is 3.63. The first-order valence-electron chi connectivity index (χ1n) is 16.9. The predicted octanol–water partition coefficient (Wildman–Crippen LogP) is 12.1. The first-order valence-corrected chi connectivity index (χ1v) is 17.6. The topological polar surface area (TPSA) is 32.3 Å². The molecule has 0 spiro atoms. The Balaban J connectivity index is 1.15. The number of anilines is 6. The van der Waals surface area contributed by atoms with Crippen molar-refractivity contribution in [3.63, 3.8) is 0 Å². The van der Waals surface area contributed by atoms with E-state index in [4.69, 9.17) is 9.36 Å². The van der Waals surface area contributed by atoms with Crippen LogP contribution in [0.5, 0.6) is 0 Å². The number of rotatable bonds is 4. The van der Waals surface area contributed by atoms with Gasteiger partial charge in [-0.25, -0.2) is 4.98 Å². The molecule has 0 aliphatic carbocycles. The normalized spacial score (nSPS) is 15.2. The van der Waals surface area contributed by atoms with Gasteiger partial charge in [-0.1, -0.05) is 125 Å². The first-order chi connectivity index (χ1) is 23.8. The fourth-order valence-electron chi connectivity index (χ4n) is 7.87. The van der Waals surface area contributed by atoms with E-state index in [1.54, 1.807) is 0 Å². The molecule has 6 aromatic carbocycles. The molecule has 3 heterocycles. The quantitative estimate of drug-likeness (QED) is 0.189. The van der Waals surface area contributed by atoms with Crippen molar-refractivity contribution in [2.45, 2.75) is 38.5 Å². The zero-order chi connectivity index (χ0) is 33.3. The highest BCUT2D eigenvalue weighted by atomic mass is 32.1. The molecule has 4 nitrogen and oxygen atoms in total. The highest BCUT2D eigenvalue weighted by Crippen LogP contribution is 2.54. The van der Waals surface area contributed by atoms with Crippen LogP contribution in [0.15, 0.2) is 146 Å². The predicted molar refractivity (Wildman–Crippen MR) is 204 cm³/mol. The summed E-state index contributed by atoms with van der Waals surface area (Å²) in [5.74, 6) is 0.746. The van der Waals surface area contributed by atoms with Crippen molar-refractivity contribution in [3.8, 4) is 22.0 Å². The molecule has 0 fully saturated rings. The molecule has 0 bridgehead atoms. The van der Waals surface area contributed by atoms with Crippen molar-refractivity contribution < 1.29 is 0 Å². The van der Waals surface area contributed by atoms with Gasteiger partial charge >= 0.3 is 0 Å². The van der Waals surface area contributed by atoms with Crippen LogP contribution in [-0.2, 0) is 10.8 Å². The van der Waals surface area contributed by atoms with Gasteiger partial charge in [0, 0.05) is 33.3 Å². The van der Waals surface area contributed by atoms with Crippen molar-refractivity contribution in [2.75, 3.05) is 9.80 Å². The Morgan fingerprint density at radius 2 is 0.878 bits per heavy atom. The second-order valence-electron chi connectivity index (χ2n) is 14.0. The van der Waals surface area contributed by atoms with E-state index < -0.39 is 0 Å². The SMILES string of the molecule is CC1(C)c2ccccc2N(c2ccccc2)c2cc(-c3nsc(-c4ccc5c(c4)N(c4ccccc4)c4ccccc4C5(C)C)n3)ccc21. The van der Waals surface area contributed by atoms with Crippen molar-refractivity contribution in [1.82, 2.24) is 9.36 Å². The van der Waals surface area contributed by atoms with Crippen molar-refractivity contribution >= 4 is 45.7 Å². The van der Waals surface area contributed by atoms with Gasteiger partial charge < -0.3 is 9.80 Å². The summed E-state index contributed by atoms with van der Waals surface area (Å²) in [6.45, 7) is 9.29. The van der Waals surface area contributed by atoms with E-state index in [0.717, 1.165) is 39.0 Å². The molecule has 7 aromatic rings. The Labute approximate surface area is 292 Å². The Hall–Kier alpha value is -5.52. The summed E-state index contributed by atoms with van der Waals surface area (Å²) in [4.78, 5) is 9.95. The molecule has 5 heteroatoms. The maximum Gasteiger partial charge on any atom is 0.173 e. The average molecular weight is 653 g/mol. The molecule has 0 N–H and O–H groups in total. The van der Waals surface area contributed by atoms with E-state index in [-0.39, 0.29) is 10.8 Å². The summed E-state index contributed by atoms with van der Waals surface area (Å²) in [5, 5.41) is 0.908. The maximum absolute atomic E-state index is 5.18. The van der Waals surface area contributed by atoms with Crippen LogP contribution >= 0.6 is 11.5 Å². The van der Waals surface area contributed by atoms with E-state index in [1.165, 1.54) is 50.8 Å². The van der Waals surface area contributed by atoms with Crippen LogP contribution in [0.1, 0.15) is 49.9 Å². The number of para-hydroxylation sites is 4. The third kappa shape index (κ3) is 4.57. The first kappa shape index (κ1) is 29.6. The van der Waals surface area contributed by atoms with Gasteiger partial charge in [0.25, 0.3) is 0 Å². The molecule has 0 saturated carbocycles. The van der Waals surface area contributed by atoms with Gasteiger partial charge in [0.1, 0.15) is 5.01 Å². The van der Waals surface area contributed by atoms with Crippen molar-refractivity contribution in [1.29, 1.82) is 0 Å². The molecule has 0 radical (unpaired) electrons. The van der Waals surface area contributed by atoms with Gasteiger partial charge in [0.2, 0.25) is 0 Å². The molecular weight excluding hydrogens is 617 g/mol. The van der Waals surface area contributed by atoms with Crippen LogP contribution in [0.4, 0.5) is 34.1 Å². The van der Waals surface area contributed by atoms with Crippen LogP contribution in [0, 0.1) is 0 Å². The summed E-state index contributed by atoms with van der Waals surface area (Å²) in [5.41, 5.74) is 14.0. The molecule has 49 heavy (non-hydrogen) atoms. The van der Waals surface area contributed by atoms with Crippen molar-refractivity contribution in [3.05, 3.63) is 168 Å². The summed E-state index contributed by atoms with van der Waals surface area (Å²) in [6.07, 6.45) is 0. The third-order valence-corrected chi connectivity index (χ3v) is 11.2. The van der Waals surface area contributed by atoms with Crippen LogP contribution in [-0.4, -0.2) is 9.36 Å². The number of aromatic nitrogens is 2. The lowest BCUT2D eigenvalue weighted by Crippen LogP contribution is -2.30. The monoisotopic (exact) mass is 652 g/mol. The minimum absolute atomic E-state index is 0.151. The van der Waals surface area contributed by atoms with Crippen LogP contribution in [0.3, 0.4) is 0 Å². The summed E-state index contributed by atoms with van der Waals surface area (Å²) in [6, 6.07) is 52.4. The van der Waals surface area contributed by atoms with Crippen LogP contribution in [0.2, 0.25) is 0 Å².